The van der Waals surface area contributed by atoms with Gasteiger partial charge < -0.3 is 10.5 Å². The summed E-state index contributed by atoms with van der Waals surface area (Å²) in [5, 5.41) is 0. The lowest BCUT2D eigenvalue weighted by atomic mass is 9.96. The lowest BCUT2D eigenvalue weighted by Crippen LogP contribution is -2.21. The summed E-state index contributed by atoms with van der Waals surface area (Å²) in [6.45, 7) is 2.90. The second kappa shape index (κ2) is 7.55. The van der Waals surface area contributed by atoms with Gasteiger partial charge in [0.1, 0.15) is 0 Å². The van der Waals surface area contributed by atoms with Crippen molar-refractivity contribution in [3.8, 4) is 0 Å². The van der Waals surface area contributed by atoms with Crippen LogP contribution in [0.3, 0.4) is 0 Å². The first-order valence-electron chi connectivity index (χ1n) is 6.29. The summed E-state index contributed by atoms with van der Waals surface area (Å²) in [5.74, 6) is 0. The lowest BCUT2D eigenvalue weighted by molar-refractivity contribution is 0.283. The van der Waals surface area contributed by atoms with Crippen molar-refractivity contribution in [2.45, 2.75) is 64.3 Å². The summed E-state index contributed by atoms with van der Waals surface area (Å²) in [7, 11) is 0. The number of amidine groups is 1. The zero-order chi connectivity index (χ0) is 10.9. The summed E-state index contributed by atoms with van der Waals surface area (Å²) in [6, 6.07) is 0.822. The summed E-state index contributed by atoms with van der Waals surface area (Å²) in [4.78, 5) is 4.41. The van der Waals surface area contributed by atoms with Crippen molar-refractivity contribution in [1.29, 1.82) is 0 Å². The maximum absolute atomic E-state index is 5.71. The lowest BCUT2D eigenvalue weighted by Gasteiger charge is -2.18. The highest BCUT2D eigenvalue weighted by molar-refractivity contribution is 5.71. The molecular weight excluding hydrogens is 188 g/mol. The van der Waals surface area contributed by atoms with E-state index >= 15 is 0 Å². The van der Waals surface area contributed by atoms with E-state index in [1.165, 1.54) is 44.9 Å². The predicted octanol–water partition coefficient (Wildman–Crippen LogP) is 2.84. The molecule has 3 heteroatoms. The third-order valence-electron chi connectivity index (χ3n) is 2.88. The maximum atomic E-state index is 5.71. The molecule has 1 fully saturated rings. The highest BCUT2D eigenvalue weighted by Crippen LogP contribution is 2.20. The number of nitrogens with zero attached hydrogens (tertiary/aromatic N) is 1. The van der Waals surface area contributed by atoms with Crippen molar-refractivity contribution in [3.05, 3.63) is 0 Å². The van der Waals surface area contributed by atoms with Crippen LogP contribution in [0.5, 0.6) is 0 Å². The Hall–Kier alpha value is -0.730. The number of hydrogen-bond acceptors (Lipinski definition) is 2. The van der Waals surface area contributed by atoms with Crippen LogP contribution in [0.1, 0.15) is 58.3 Å². The van der Waals surface area contributed by atoms with Gasteiger partial charge in [0.15, 0.2) is 0 Å². The molecule has 0 radical (unpaired) electrons. The number of hydrogen-bond donors (Lipinski definition) is 1. The third-order valence-corrected chi connectivity index (χ3v) is 2.88. The van der Waals surface area contributed by atoms with Gasteiger partial charge in [-0.15, -0.1) is 0 Å². The zero-order valence-corrected chi connectivity index (χ0v) is 9.87. The Labute approximate surface area is 93.1 Å². The molecule has 0 aromatic carbocycles. The van der Waals surface area contributed by atoms with E-state index < -0.39 is 0 Å². The fourth-order valence-corrected chi connectivity index (χ4v) is 1.96. The summed E-state index contributed by atoms with van der Waals surface area (Å²) in [5.41, 5.74) is 5.71. The number of ether oxygens (including phenoxy) is 1. The Morgan fingerprint density at radius 3 is 2.67 bits per heavy atom. The van der Waals surface area contributed by atoms with Gasteiger partial charge in [0.05, 0.1) is 12.6 Å². The molecule has 1 rings (SSSR count). The first kappa shape index (κ1) is 12.3. The van der Waals surface area contributed by atoms with E-state index in [1.54, 1.807) is 0 Å². The zero-order valence-electron chi connectivity index (χ0n) is 9.87. The molecule has 0 aromatic heterocycles. The Kier molecular flexibility index (Phi) is 6.21. The minimum absolute atomic E-state index is 0.401. The molecule has 0 aliphatic heterocycles. The summed E-state index contributed by atoms with van der Waals surface area (Å²) >= 11 is 0. The predicted molar refractivity (Wildman–Crippen MR) is 64.0 cm³/mol. The number of nitrogens with two attached hydrogens (primary N) is 1. The van der Waals surface area contributed by atoms with Crippen molar-refractivity contribution in [2.24, 2.45) is 10.7 Å². The van der Waals surface area contributed by atoms with E-state index in [2.05, 4.69) is 11.9 Å². The molecule has 1 saturated carbocycles. The van der Waals surface area contributed by atoms with Crippen LogP contribution >= 0.6 is 0 Å². The molecule has 0 amide bonds. The number of aliphatic imine (C=N–C) groups is 1. The highest BCUT2D eigenvalue weighted by atomic mass is 16.5. The fraction of sp³-hybridized carbons (Fsp3) is 0.917. The molecule has 0 unspecified atom stereocenters. The Morgan fingerprint density at radius 1 is 1.27 bits per heavy atom. The van der Waals surface area contributed by atoms with Gasteiger partial charge in [0.25, 0.3) is 6.02 Å². The Morgan fingerprint density at radius 2 is 2.00 bits per heavy atom. The van der Waals surface area contributed by atoms with E-state index in [1.807, 2.05) is 0 Å². The molecule has 88 valence electrons. The van der Waals surface area contributed by atoms with Gasteiger partial charge in [-0.25, -0.2) is 4.99 Å². The van der Waals surface area contributed by atoms with Crippen LogP contribution in [0, 0.1) is 0 Å². The molecule has 0 bridgehead atoms. The van der Waals surface area contributed by atoms with Crippen LogP contribution in [0.15, 0.2) is 4.99 Å². The van der Waals surface area contributed by atoms with Crippen LogP contribution < -0.4 is 5.73 Å². The average Bonchev–Trinajstić information content (AvgIpc) is 2.26. The van der Waals surface area contributed by atoms with Crippen LogP contribution in [0.25, 0.3) is 0 Å². The smallest absolute Gasteiger partial charge is 0.282 e. The van der Waals surface area contributed by atoms with Crippen molar-refractivity contribution in [3.63, 3.8) is 0 Å². The number of rotatable bonds is 5. The summed E-state index contributed by atoms with van der Waals surface area (Å²) in [6.07, 6.45) is 9.78. The molecule has 0 spiro atoms. The van der Waals surface area contributed by atoms with E-state index in [0.29, 0.717) is 12.1 Å². The molecule has 1 aliphatic carbocycles. The van der Waals surface area contributed by atoms with E-state index in [0.717, 1.165) is 13.0 Å². The largest absolute Gasteiger partial charge is 0.465 e. The SMILES string of the molecule is CCCCCOC(N)=NC1CCCCC1. The topological polar surface area (TPSA) is 47.6 Å². The average molecular weight is 212 g/mol. The van der Waals surface area contributed by atoms with Crippen LogP contribution in [0.2, 0.25) is 0 Å². The van der Waals surface area contributed by atoms with Crippen LogP contribution in [-0.4, -0.2) is 18.7 Å². The van der Waals surface area contributed by atoms with Gasteiger partial charge in [0, 0.05) is 0 Å². The molecule has 15 heavy (non-hydrogen) atoms. The molecule has 0 atom stereocenters. The standard InChI is InChI=1S/C12H24N2O/c1-2-3-7-10-15-12(13)14-11-8-5-4-6-9-11/h11H,2-10H2,1H3,(H2,13,14). The Balaban J connectivity index is 2.13. The van der Waals surface area contributed by atoms with Gasteiger partial charge in [-0.1, -0.05) is 39.0 Å². The second-order valence-electron chi connectivity index (χ2n) is 4.31. The molecule has 0 aromatic rings. The van der Waals surface area contributed by atoms with Crippen molar-refractivity contribution in [1.82, 2.24) is 0 Å². The van der Waals surface area contributed by atoms with Crippen molar-refractivity contribution < 1.29 is 4.74 Å². The maximum Gasteiger partial charge on any atom is 0.282 e. The molecule has 2 N–H and O–H groups in total. The van der Waals surface area contributed by atoms with E-state index in [4.69, 9.17) is 10.5 Å². The highest BCUT2D eigenvalue weighted by Gasteiger charge is 2.12. The molecular formula is C12H24N2O. The number of unbranched alkanes of at least 4 members (excludes halogenated alkanes) is 2. The molecule has 3 nitrogen and oxygen atoms in total. The normalized spacial score (nSPS) is 19.1. The van der Waals surface area contributed by atoms with Crippen molar-refractivity contribution in [2.75, 3.05) is 6.61 Å². The van der Waals surface area contributed by atoms with Crippen LogP contribution in [0.4, 0.5) is 0 Å². The molecule has 1 aliphatic rings. The quantitative estimate of drug-likeness (QED) is 0.433. The van der Waals surface area contributed by atoms with Gasteiger partial charge in [-0.3, -0.25) is 0 Å². The fourth-order valence-electron chi connectivity index (χ4n) is 1.96. The first-order chi connectivity index (χ1) is 7.33. The molecule has 0 saturated heterocycles. The summed E-state index contributed by atoms with van der Waals surface area (Å²) < 4.78 is 5.37. The van der Waals surface area contributed by atoms with Gasteiger partial charge in [0.2, 0.25) is 0 Å². The monoisotopic (exact) mass is 212 g/mol. The van der Waals surface area contributed by atoms with Gasteiger partial charge in [-0.05, 0) is 19.3 Å². The first-order valence-corrected chi connectivity index (χ1v) is 6.29. The van der Waals surface area contributed by atoms with E-state index in [9.17, 15) is 0 Å². The second-order valence-corrected chi connectivity index (χ2v) is 4.31. The van der Waals surface area contributed by atoms with Gasteiger partial charge >= 0.3 is 0 Å². The minimum atomic E-state index is 0.401. The van der Waals surface area contributed by atoms with Crippen molar-refractivity contribution >= 4 is 6.02 Å². The Bertz CT molecular complexity index is 186. The minimum Gasteiger partial charge on any atom is -0.465 e. The van der Waals surface area contributed by atoms with E-state index in [-0.39, 0.29) is 0 Å². The third kappa shape index (κ3) is 5.65. The van der Waals surface area contributed by atoms with Gasteiger partial charge in [-0.2, -0.15) is 0 Å². The van der Waals surface area contributed by atoms with Crippen LogP contribution in [-0.2, 0) is 4.74 Å². The molecule has 0 heterocycles.